The number of aromatic nitrogens is 1. The van der Waals surface area contributed by atoms with Gasteiger partial charge in [0.15, 0.2) is 0 Å². The number of aryl methyl sites for hydroxylation is 1. The summed E-state index contributed by atoms with van der Waals surface area (Å²) in [5.41, 5.74) is 0.720. The molecule has 1 N–H and O–H groups in total. The van der Waals surface area contributed by atoms with Crippen LogP contribution in [0.15, 0.2) is 24.4 Å². The van der Waals surface area contributed by atoms with E-state index in [1.165, 1.54) is 11.3 Å². The van der Waals surface area contributed by atoms with Gasteiger partial charge in [-0.15, -0.1) is 11.3 Å². The Morgan fingerprint density at radius 1 is 1.31 bits per heavy atom. The highest BCUT2D eigenvalue weighted by Crippen LogP contribution is 2.30. The Kier molecular flexibility index (Phi) is 3.50. The monoisotopic (exact) mass is 273 g/mol. The Labute approximate surface area is 107 Å². The summed E-state index contributed by atoms with van der Waals surface area (Å²) in [6.07, 6.45) is 0.980. The molecule has 1 aromatic carbocycles. The molecule has 0 amide bonds. The molecule has 2 aromatic rings. The summed E-state index contributed by atoms with van der Waals surface area (Å²) in [6, 6.07) is 5.11. The van der Waals surface area contributed by atoms with Crippen molar-refractivity contribution >= 4 is 34.5 Å². The summed E-state index contributed by atoms with van der Waals surface area (Å²) in [5.74, 6) is 0. The zero-order chi connectivity index (χ0) is 11.7. The lowest BCUT2D eigenvalue weighted by molar-refractivity contribution is 0.224. The molecule has 2 rings (SSSR count). The van der Waals surface area contributed by atoms with Gasteiger partial charge in [-0.2, -0.15) is 0 Å². The molecule has 0 spiro atoms. The van der Waals surface area contributed by atoms with Crippen molar-refractivity contribution in [1.82, 2.24) is 4.98 Å². The molecule has 2 nitrogen and oxygen atoms in total. The molecule has 1 unspecified atom stereocenters. The molecule has 1 heterocycles. The van der Waals surface area contributed by atoms with E-state index in [4.69, 9.17) is 23.2 Å². The third-order valence-electron chi connectivity index (χ3n) is 2.17. The minimum Gasteiger partial charge on any atom is -0.383 e. The molecule has 5 heteroatoms. The number of aliphatic hydroxyl groups excluding tert-OH is 1. The van der Waals surface area contributed by atoms with Crippen molar-refractivity contribution in [2.45, 2.75) is 13.0 Å². The summed E-state index contributed by atoms with van der Waals surface area (Å²) in [5, 5.41) is 11.9. The average molecular weight is 274 g/mol. The van der Waals surface area contributed by atoms with E-state index in [0.717, 1.165) is 15.4 Å². The highest BCUT2D eigenvalue weighted by molar-refractivity contribution is 7.11. The third-order valence-corrected chi connectivity index (χ3v) is 3.87. The molecule has 0 fully saturated rings. The van der Waals surface area contributed by atoms with Crippen molar-refractivity contribution in [1.29, 1.82) is 0 Å². The van der Waals surface area contributed by atoms with Gasteiger partial charge < -0.3 is 5.11 Å². The molecule has 1 aromatic heterocycles. The Morgan fingerprint density at radius 3 is 2.62 bits per heavy atom. The average Bonchev–Trinajstić information content (AvgIpc) is 2.68. The number of hydrogen-bond acceptors (Lipinski definition) is 3. The Morgan fingerprint density at radius 2 is 2.06 bits per heavy atom. The van der Waals surface area contributed by atoms with Gasteiger partial charge in [0.05, 0.1) is 19.9 Å². The number of rotatable bonds is 2. The Hall–Kier alpha value is -0.610. The summed E-state index contributed by atoms with van der Waals surface area (Å²) >= 11 is 13.2. The molecule has 0 aliphatic carbocycles. The molecule has 0 radical (unpaired) electrons. The lowest BCUT2D eigenvalue weighted by atomic mass is 10.1. The van der Waals surface area contributed by atoms with Gasteiger partial charge in [0.25, 0.3) is 0 Å². The second kappa shape index (κ2) is 4.72. The van der Waals surface area contributed by atoms with E-state index in [9.17, 15) is 5.11 Å². The fourth-order valence-corrected chi connectivity index (χ4v) is 2.46. The first-order valence-electron chi connectivity index (χ1n) is 4.63. The molecule has 0 bridgehead atoms. The van der Waals surface area contributed by atoms with Crippen LogP contribution in [0.2, 0.25) is 10.0 Å². The van der Waals surface area contributed by atoms with Crippen molar-refractivity contribution in [2.75, 3.05) is 0 Å². The second-order valence-corrected chi connectivity index (χ2v) is 5.44. The van der Waals surface area contributed by atoms with Crippen LogP contribution >= 0.6 is 34.5 Å². The fraction of sp³-hybridized carbons (Fsp3) is 0.182. The summed E-state index contributed by atoms with van der Waals surface area (Å²) in [4.78, 5) is 4.90. The second-order valence-electron chi connectivity index (χ2n) is 3.36. The maximum atomic E-state index is 10.1. The number of benzene rings is 1. The fourth-order valence-electron chi connectivity index (χ4n) is 1.35. The highest BCUT2D eigenvalue weighted by atomic mass is 35.5. The van der Waals surface area contributed by atoms with Crippen LogP contribution < -0.4 is 0 Å². The van der Waals surface area contributed by atoms with E-state index in [1.807, 2.05) is 6.92 Å². The van der Waals surface area contributed by atoms with Gasteiger partial charge in [0.2, 0.25) is 0 Å². The van der Waals surface area contributed by atoms with Crippen LogP contribution in [-0.4, -0.2) is 10.1 Å². The highest BCUT2D eigenvalue weighted by Gasteiger charge is 2.14. The first kappa shape index (κ1) is 11.9. The largest absolute Gasteiger partial charge is 0.383 e. The zero-order valence-electron chi connectivity index (χ0n) is 8.45. The van der Waals surface area contributed by atoms with Crippen LogP contribution in [0, 0.1) is 6.92 Å². The van der Waals surface area contributed by atoms with Crippen LogP contribution in [0.4, 0.5) is 0 Å². The van der Waals surface area contributed by atoms with Crippen LogP contribution in [0.3, 0.4) is 0 Å². The molecule has 1 atom stereocenters. The van der Waals surface area contributed by atoms with E-state index in [0.29, 0.717) is 10.0 Å². The topological polar surface area (TPSA) is 33.1 Å². The number of nitrogens with zero attached hydrogens (tertiary/aromatic N) is 1. The minimum absolute atomic E-state index is 0.444. The van der Waals surface area contributed by atoms with Gasteiger partial charge in [-0.1, -0.05) is 29.3 Å². The summed E-state index contributed by atoms with van der Waals surface area (Å²) < 4.78 is 0. The van der Waals surface area contributed by atoms with Crippen LogP contribution in [0.5, 0.6) is 0 Å². The Bertz CT molecular complexity index is 512. The molecule has 16 heavy (non-hydrogen) atoms. The van der Waals surface area contributed by atoms with E-state index >= 15 is 0 Å². The van der Waals surface area contributed by atoms with Gasteiger partial charge >= 0.3 is 0 Å². The standard InChI is InChI=1S/C11H9Cl2NOS/c1-6-14-5-10(16-6)11(15)7-2-3-8(12)9(13)4-7/h2-5,11,15H,1H3. The predicted molar refractivity (Wildman–Crippen MR) is 67.4 cm³/mol. The SMILES string of the molecule is Cc1ncc(C(O)c2ccc(Cl)c(Cl)c2)s1. The molecule has 0 saturated carbocycles. The molecule has 0 saturated heterocycles. The minimum atomic E-state index is -0.694. The zero-order valence-corrected chi connectivity index (χ0v) is 10.8. The third kappa shape index (κ3) is 2.38. The van der Waals surface area contributed by atoms with Crippen LogP contribution in [0.1, 0.15) is 21.6 Å². The molecule has 84 valence electrons. The van der Waals surface area contributed by atoms with E-state index in [-0.39, 0.29) is 0 Å². The van der Waals surface area contributed by atoms with Gasteiger partial charge in [0, 0.05) is 6.20 Å². The smallest absolute Gasteiger partial charge is 0.115 e. The van der Waals surface area contributed by atoms with Crippen molar-refractivity contribution in [3.8, 4) is 0 Å². The molecule has 0 aliphatic rings. The maximum Gasteiger partial charge on any atom is 0.115 e. The van der Waals surface area contributed by atoms with Gasteiger partial charge in [-0.25, -0.2) is 4.98 Å². The van der Waals surface area contributed by atoms with Crippen molar-refractivity contribution in [3.05, 3.63) is 49.9 Å². The quantitative estimate of drug-likeness (QED) is 0.902. The maximum absolute atomic E-state index is 10.1. The van der Waals surface area contributed by atoms with Crippen molar-refractivity contribution in [3.63, 3.8) is 0 Å². The molecule has 0 aliphatic heterocycles. The van der Waals surface area contributed by atoms with Crippen molar-refractivity contribution < 1.29 is 5.11 Å². The molecular weight excluding hydrogens is 265 g/mol. The van der Waals surface area contributed by atoms with E-state index in [1.54, 1.807) is 24.4 Å². The van der Waals surface area contributed by atoms with E-state index in [2.05, 4.69) is 4.98 Å². The van der Waals surface area contributed by atoms with Crippen LogP contribution in [-0.2, 0) is 0 Å². The van der Waals surface area contributed by atoms with Crippen molar-refractivity contribution in [2.24, 2.45) is 0 Å². The molecular formula is C11H9Cl2NOS. The van der Waals surface area contributed by atoms with Gasteiger partial charge in [0.1, 0.15) is 6.10 Å². The Balaban J connectivity index is 2.33. The number of aliphatic hydroxyl groups is 1. The first-order chi connectivity index (χ1) is 7.58. The van der Waals surface area contributed by atoms with Crippen LogP contribution in [0.25, 0.3) is 0 Å². The normalized spacial score (nSPS) is 12.8. The van der Waals surface area contributed by atoms with E-state index < -0.39 is 6.10 Å². The summed E-state index contributed by atoms with van der Waals surface area (Å²) in [7, 11) is 0. The lowest BCUT2D eigenvalue weighted by Crippen LogP contribution is -1.96. The predicted octanol–water partition coefficient (Wildman–Crippen LogP) is 3.84. The number of halogens is 2. The number of thiazole rings is 1. The van der Waals surface area contributed by atoms with Gasteiger partial charge in [-0.05, 0) is 24.6 Å². The summed E-state index contributed by atoms with van der Waals surface area (Å²) in [6.45, 7) is 1.90. The van der Waals surface area contributed by atoms with Gasteiger partial charge in [-0.3, -0.25) is 0 Å². The lowest BCUT2D eigenvalue weighted by Gasteiger charge is -2.09. The number of hydrogen-bond donors (Lipinski definition) is 1. The first-order valence-corrected chi connectivity index (χ1v) is 6.20.